The summed E-state index contributed by atoms with van der Waals surface area (Å²) in [6, 6.07) is 0. The number of nitrogens with zero attached hydrogens (tertiary/aromatic N) is 1. The summed E-state index contributed by atoms with van der Waals surface area (Å²) in [5.41, 5.74) is 0. The normalized spacial score (nSPS) is 29.2. The maximum absolute atomic E-state index is 11.0. The van der Waals surface area contributed by atoms with E-state index in [4.69, 9.17) is 0 Å². The average Bonchev–Trinajstić information content (AvgIpc) is 2.11. The summed E-state index contributed by atoms with van der Waals surface area (Å²) in [6.07, 6.45) is 3.11. The molecule has 4 heteroatoms. The Morgan fingerprint density at radius 3 is 2.30 bits per heavy atom. The zero-order chi connectivity index (χ0) is 7.78. The minimum Gasteiger partial charge on any atom is -0.290 e. The van der Waals surface area contributed by atoms with Crippen LogP contribution in [0.25, 0.3) is 0 Å². The van der Waals surface area contributed by atoms with E-state index in [0.717, 1.165) is 19.4 Å². The van der Waals surface area contributed by atoms with E-state index in [-0.39, 0.29) is 5.37 Å². The van der Waals surface area contributed by atoms with Crippen LogP contribution < -0.4 is 0 Å². The maximum atomic E-state index is 11.0. The van der Waals surface area contributed by atoms with Gasteiger partial charge in [-0.05, 0) is 26.4 Å². The quantitative estimate of drug-likeness (QED) is 0.549. The molecule has 1 saturated heterocycles. The van der Waals surface area contributed by atoms with Crippen LogP contribution in [-0.4, -0.2) is 38.5 Å². The first-order valence-electron chi connectivity index (χ1n) is 3.41. The first-order chi connectivity index (χ1) is 4.52. The van der Waals surface area contributed by atoms with Crippen molar-refractivity contribution < 1.29 is 8.42 Å². The summed E-state index contributed by atoms with van der Waals surface area (Å²) in [6.45, 7) is 0.914. The molecule has 0 aromatic heterocycles. The van der Waals surface area contributed by atoms with Crippen molar-refractivity contribution in [3.63, 3.8) is 0 Å². The van der Waals surface area contributed by atoms with Crippen molar-refractivity contribution in [1.82, 2.24) is 4.90 Å². The zero-order valence-electron chi connectivity index (χ0n) is 6.37. The van der Waals surface area contributed by atoms with Gasteiger partial charge in [-0.2, -0.15) is 0 Å². The molecule has 0 saturated carbocycles. The Morgan fingerprint density at radius 1 is 1.50 bits per heavy atom. The van der Waals surface area contributed by atoms with Crippen molar-refractivity contribution in [2.24, 2.45) is 0 Å². The third kappa shape index (κ3) is 1.49. The van der Waals surface area contributed by atoms with E-state index in [1.165, 1.54) is 6.26 Å². The Morgan fingerprint density at radius 2 is 2.10 bits per heavy atom. The lowest BCUT2D eigenvalue weighted by Gasteiger charge is -2.16. The lowest BCUT2D eigenvalue weighted by molar-refractivity contribution is 0.375. The van der Waals surface area contributed by atoms with Crippen LogP contribution in [0.3, 0.4) is 0 Å². The smallest absolute Gasteiger partial charge is 0.163 e. The number of sulfone groups is 1. The van der Waals surface area contributed by atoms with Crippen LogP contribution in [-0.2, 0) is 9.84 Å². The van der Waals surface area contributed by atoms with Crippen LogP contribution in [0.1, 0.15) is 12.8 Å². The Hall–Kier alpha value is -0.0900. The molecule has 1 heterocycles. The molecule has 0 bridgehead atoms. The van der Waals surface area contributed by atoms with Crippen LogP contribution >= 0.6 is 0 Å². The van der Waals surface area contributed by atoms with Gasteiger partial charge in [-0.15, -0.1) is 0 Å². The lowest BCUT2D eigenvalue weighted by Crippen LogP contribution is -2.31. The van der Waals surface area contributed by atoms with Gasteiger partial charge < -0.3 is 0 Å². The number of hydrogen-bond donors (Lipinski definition) is 0. The first kappa shape index (κ1) is 8.01. The molecule has 1 aliphatic rings. The molecule has 3 nitrogen and oxygen atoms in total. The van der Waals surface area contributed by atoms with Crippen molar-refractivity contribution in [2.45, 2.75) is 18.2 Å². The van der Waals surface area contributed by atoms with E-state index in [1.807, 2.05) is 11.9 Å². The van der Waals surface area contributed by atoms with Gasteiger partial charge in [0, 0.05) is 6.26 Å². The van der Waals surface area contributed by atoms with Gasteiger partial charge >= 0.3 is 0 Å². The van der Waals surface area contributed by atoms with Crippen LogP contribution in [0.5, 0.6) is 0 Å². The Bertz CT molecular complexity index is 210. The van der Waals surface area contributed by atoms with Crippen molar-refractivity contribution in [1.29, 1.82) is 0 Å². The zero-order valence-corrected chi connectivity index (χ0v) is 7.19. The SMILES string of the molecule is CN1CCC[C@@H]1S(C)(=O)=O. The van der Waals surface area contributed by atoms with E-state index in [0.29, 0.717) is 0 Å². The molecule has 0 radical (unpaired) electrons. The van der Waals surface area contributed by atoms with Crippen molar-refractivity contribution in [2.75, 3.05) is 19.8 Å². The molecule has 0 aromatic carbocycles. The van der Waals surface area contributed by atoms with Gasteiger partial charge in [0.2, 0.25) is 0 Å². The average molecular weight is 163 g/mol. The van der Waals surface area contributed by atoms with Gasteiger partial charge in [0.05, 0.1) is 0 Å². The number of rotatable bonds is 1. The minimum atomic E-state index is -2.83. The number of hydrogen-bond acceptors (Lipinski definition) is 3. The van der Waals surface area contributed by atoms with E-state index >= 15 is 0 Å². The monoisotopic (exact) mass is 163 g/mol. The van der Waals surface area contributed by atoms with Gasteiger partial charge in [-0.25, -0.2) is 8.42 Å². The molecule has 1 rings (SSSR count). The molecule has 1 atom stereocenters. The first-order valence-corrected chi connectivity index (χ1v) is 5.36. The second-order valence-electron chi connectivity index (χ2n) is 2.91. The minimum absolute atomic E-state index is 0.215. The van der Waals surface area contributed by atoms with Gasteiger partial charge in [0.1, 0.15) is 5.37 Å². The standard InChI is InChI=1S/C6H13NO2S/c1-7-5-3-4-6(7)10(2,8)9/h6H,3-5H2,1-2H3/t6-/m0/s1. The summed E-state index contributed by atoms with van der Waals surface area (Å²) < 4.78 is 22.0. The molecular formula is C6H13NO2S. The highest BCUT2D eigenvalue weighted by Crippen LogP contribution is 2.18. The summed E-state index contributed by atoms with van der Waals surface area (Å²) in [4.78, 5) is 1.90. The van der Waals surface area contributed by atoms with Crippen LogP contribution in [0.4, 0.5) is 0 Å². The molecule has 0 unspecified atom stereocenters. The van der Waals surface area contributed by atoms with Gasteiger partial charge in [-0.1, -0.05) is 0 Å². The van der Waals surface area contributed by atoms with Crippen LogP contribution in [0.15, 0.2) is 0 Å². The van der Waals surface area contributed by atoms with Gasteiger partial charge in [0.15, 0.2) is 9.84 Å². The second-order valence-corrected chi connectivity index (χ2v) is 5.11. The second kappa shape index (κ2) is 2.51. The molecule has 60 valence electrons. The summed E-state index contributed by atoms with van der Waals surface area (Å²) in [7, 11) is -0.966. The predicted octanol–water partition coefficient (Wildman–Crippen LogP) is 0.0827. The van der Waals surface area contributed by atoms with Crippen LogP contribution in [0.2, 0.25) is 0 Å². The summed E-state index contributed by atoms with van der Waals surface area (Å²) in [5, 5.41) is -0.215. The van der Waals surface area contributed by atoms with Crippen molar-refractivity contribution in [3.8, 4) is 0 Å². The Balaban J connectivity index is 2.74. The summed E-state index contributed by atoms with van der Waals surface area (Å²) >= 11 is 0. The van der Waals surface area contributed by atoms with E-state index in [1.54, 1.807) is 0 Å². The van der Waals surface area contributed by atoms with Crippen LogP contribution in [0, 0.1) is 0 Å². The van der Waals surface area contributed by atoms with Gasteiger partial charge in [0.25, 0.3) is 0 Å². The summed E-state index contributed by atoms with van der Waals surface area (Å²) in [5.74, 6) is 0. The third-order valence-corrected chi connectivity index (χ3v) is 3.53. The largest absolute Gasteiger partial charge is 0.290 e. The fourth-order valence-corrected chi connectivity index (χ4v) is 2.77. The molecule has 1 aliphatic heterocycles. The third-order valence-electron chi connectivity index (χ3n) is 1.95. The van der Waals surface area contributed by atoms with E-state index < -0.39 is 9.84 Å². The molecule has 1 fully saturated rings. The molecule has 0 spiro atoms. The highest BCUT2D eigenvalue weighted by Gasteiger charge is 2.29. The topological polar surface area (TPSA) is 37.4 Å². The molecule has 0 aromatic rings. The molecular weight excluding hydrogens is 150 g/mol. The van der Waals surface area contributed by atoms with E-state index in [2.05, 4.69) is 0 Å². The molecule has 0 amide bonds. The van der Waals surface area contributed by atoms with Crippen molar-refractivity contribution in [3.05, 3.63) is 0 Å². The highest BCUT2D eigenvalue weighted by atomic mass is 32.2. The predicted molar refractivity (Wildman–Crippen MR) is 40.5 cm³/mol. The molecule has 0 N–H and O–H groups in total. The fraction of sp³-hybridized carbons (Fsp3) is 1.00. The Labute approximate surface area is 61.9 Å². The lowest BCUT2D eigenvalue weighted by atomic mass is 10.4. The maximum Gasteiger partial charge on any atom is 0.163 e. The highest BCUT2D eigenvalue weighted by molar-refractivity contribution is 7.91. The fourth-order valence-electron chi connectivity index (χ4n) is 1.42. The van der Waals surface area contributed by atoms with Gasteiger partial charge in [-0.3, -0.25) is 4.90 Å². The van der Waals surface area contributed by atoms with E-state index in [9.17, 15) is 8.42 Å². The Kier molecular flexibility index (Phi) is 2.01. The van der Waals surface area contributed by atoms with Crippen molar-refractivity contribution >= 4 is 9.84 Å². The number of likely N-dealkylation sites (tertiary alicyclic amines) is 1. The molecule has 10 heavy (non-hydrogen) atoms. The molecule has 0 aliphatic carbocycles.